The van der Waals surface area contributed by atoms with Crippen LogP contribution >= 0.6 is 0 Å². The molecule has 0 aliphatic carbocycles. The molecular formula is C10H24N2O2. The summed E-state index contributed by atoms with van der Waals surface area (Å²) in [5, 5.41) is 3.29. The maximum absolute atomic E-state index is 5.36. The number of ether oxygens (including phenoxy) is 2. The molecule has 14 heavy (non-hydrogen) atoms. The largest absolute Gasteiger partial charge is 0.382 e. The molecule has 0 aliphatic rings. The molecule has 1 N–H and O–H groups in total. The summed E-state index contributed by atoms with van der Waals surface area (Å²) in [7, 11) is 3.79. The van der Waals surface area contributed by atoms with E-state index in [0.717, 1.165) is 32.8 Å². The average Bonchev–Trinajstić information content (AvgIpc) is 2.18. The average molecular weight is 204 g/mol. The van der Waals surface area contributed by atoms with Crippen molar-refractivity contribution in [3.05, 3.63) is 0 Å². The van der Waals surface area contributed by atoms with E-state index in [1.54, 1.807) is 7.11 Å². The van der Waals surface area contributed by atoms with Gasteiger partial charge < -0.3 is 19.7 Å². The van der Waals surface area contributed by atoms with E-state index in [4.69, 9.17) is 9.47 Å². The molecule has 0 fully saturated rings. The summed E-state index contributed by atoms with van der Waals surface area (Å²) in [6, 6.07) is 0. The van der Waals surface area contributed by atoms with Gasteiger partial charge in [-0.2, -0.15) is 0 Å². The van der Waals surface area contributed by atoms with Crippen LogP contribution in [-0.2, 0) is 9.47 Å². The van der Waals surface area contributed by atoms with E-state index in [-0.39, 0.29) is 0 Å². The maximum Gasteiger partial charge on any atom is 0.0700 e. The molecule has 0 rings (SSSR count). The number of hydrogen-bond acceptors (Lipinski definition) is 4. The summed E-state index contributed by atoms with van der Waals surface area (Å²) < 4.78 is 10.2. The van der Waals surface area contributed by atoms with Gasteiger partial charge in [0.2, 0.25) is 0 Å². The van der Waals surface area contributed by atoms with Gasteiger partial charge in [-0.05, 0) is 13.6 Å². The van der Waals surface area contributed by atoms with E-state index >= 15 is 0 Å². The molecule has 0 amide bonds. The van der Waals surface area contributed by atoms with Gasteiger partial charge in [-0.3, -0.25) is 0 Å². The van der Waals surface area contributed by atoms with Gasteiger partial charge in [0.15, 0.2) is 0 Å². The molecule has 0 saturated heterocycles. The molecule has 0 aromatic heterocycles. The smallest absolute Gasteiger partial charge is 0.0700 e. The van der Waals surface area contributed by atoms with Crippen molar-refractivity contribution in [1.29, 1.82) is 0 Å². The van der Waals surface area contributed by atoms with Crippen LogP contribution in [0.4, 0.5) is 0 Å². The summed E-state index contributed by atoms with van der Waals surface area (Å²) in [5.74, 6) is 0. The van der Waals surface area contributed by atoms with Crippen molar-refractivity contribution in [1.82, 2.24) is 10.2 Å². The van der Waals surface area contributed by atoms with Crippen LogP contribution in [0.15, 0.2) is 0 Å². The highest BCUT2D eigenvalue weighted by Gasteiger charge is 1.96. The molecule has 0 aromatic carbocycles. The number of nitrogens with zero attached hydrogens (tertiary/aromatic N) is 1. The molecule has 0 bridgehead atoms. The first-order chi connectivity index (χ1) is 6.81. The van der Waals surface area contributed by atoms with E-state index < -0.39 is 0 Å². The van der Waals surface area contributed by atoms with Crippen LogP contribution in [0, 0.1) is 0 Å². The zero-order valence-corrected chi connectivity index (χ0v) is 9.71. The lowest BCUT2D eigenvalue weighted by Gasteiger charge is -2.16. The number of likely N-dealkylation sites (N-methyl/N-ethyl adjacent to an activating group) is 2. The first-order valence-electron chi connectivity index (χ1n) is 5.27. The lowest BCUT2D eigenvalue weighted by atomic mass is 10.5. The van der Waals surface area contributed by atoms with E-state index in [1.807, 2.05) is 0 Å². The molecule has 0 radical (unpaired) electrons. The van der Waals surface area contributed by atoms with Crippen LogP contribution in [0.2, 0.25) is 0 Å². The summed E-state index contributed by atoms with van der Waals surface area (Å²) in [6.07, 6.45) is 0. The van der Waals surface area contributed by atoms with Gasteiger partial charge in [0.25, 0.3) is 0 Å². The van der Waals surface area contributed by atoms with Crippen molar-refractivity contribution in [2.75, 3.05) is 60.2 Å². The minimum atomic E-state index is 0.682. The number of hydrogen-bond donors (Lipinski definition) is 1. The Labute approximate surface area is 87.6 Å². The van der Waals surface area contributed by atoms with Crippen molar-refractivity contribution in [3.63, 3.8) is 0 Å². The second-order valence-corrected chi connectivity index (χ2v) is 3.26. The van der Waals surface area contributed by atoms with Crippen molar-refractivity contribution in [2.24, 2.45) is 0 Å². The molecule has 0 aromatic rings. The molecule has 86 valence electrons. The third-order valence-electron chi connectivity index (χ3n) is 1.97. The highest BCUT2D eigenvalue weighted by atomic mass is 16.5. The molecule has 4 nitrogen and oxygen atoms in total. The van der Waals surface area contributed by atoms with Crippen molar-refractivity contribution < 1.29 is 9.47 Å². The zero-order chi connectivity index (χ0) is 10.6. The molecular weight excluding hydrogens is 180 g/mol. The fraction of sp³-hybridized carbons (Fsp3) is 1.00. The predicted octanol–water partition coefficient (Wildman–Crippen LogP) is 0.191. The topological polar surface area (TPSA) is 33.7 Å². The minimum Gasteiger partial charge on any atom is -0.382 e. The van der Waals surface area contributed by atoms with Gasteiger partial charge in [-0.1, -0.05) is 6.92 Å². The standard InChI is InChI=1S/C10H24N2O2/c1-4-11-5-6-12(2)7-8-14-10-9-13-3/h11H,4-10H2,1-3H3. The molecule has 0 atom stereocenters. The number of rotatable bonds is 10. The van der Waals surface area contributed by atoms with Crippen molar-refractivity contribution in [2.45, 2.75) is 6.92 Å². The Kier molecular flexibility index (Phi) is 10.8. The SMILES string of the molecule is CCNCCN(C)CCOCCOC. The van der Waals surface area contributed by atoms with Crippen LogP contribution in [0.3, 0.4) is 0 Å². The van der Waals surface area contributed by atoms with Gasteiger partial charge in [0.1, 0.15) is 0 Å². The summed E-state index contributed by atoms with van der Waals surface area (Å²) in [6.45, 7) is 8.42. The highest BCUT2D eigenvalue weighted by Crippen LogP contribution is 1.83. The first kappa shape index (κ1) is 13.8. The summed E-state index contributed by atoms with van der Waals surface area (Å²) in [4.78, 5) is 2.26. The van der Waals surface area contributed by atoms with Crippen LogP contribution in [0.5, 0.6) is 0 Å². The second kappa shape index (κ2) is 10.9. The zero-order valence-electron chi connectivity index (χ0n) is 9.71. The van der Waals surface area contributed by atoms with E-state index in [0.29, 0.717) is 13.2 Å². The minimum absolute atomic E-state index is 0.682. The Morgan fingerprint density at radius 3 is 2.57 bits per heavy atom. The van der Waals surface area contributed by atoms with E-state index in [2.05, 4.69) is 24.2 Å². The molecule has 0 saturated carbocycles. The second-order valence-electron chi connectivity index (χ2n) is 3.26. The lowest BCUT2D eigenvalue weighted by molar-refractivity contribution is 0.0607. The van der Waals surface area contributed by atoms with Gasteiger partial charge in [-0.25, -0.2) is 0 Å². The van der Waals surface area contributed by atoms with Crippen LogP contribution < -0.4 is 5.32 Å². The third-order valence-corrected chi connectivity index (χ3v) is 1.97. The van der Waals surface area contributed by atoms with Gasteiger partial charge >= 0.3 is 0 Å². The number of methoxy groups -OCH3 is 1. The highest BCUT2D eigenvalue weighted by molar-refractivity contribution is 4.52. The Morgan fingerprint density at radius 2 is 1.93 bits per heavy atom. The maximum atomic E-state index is 5.36. The fourth-order valence-electron chi connectivity index (χ4n) is 1.02. The monoisotopic (exact) mass is 204 g/mol. The normalized spacial score (nSPS) is 11.1. The van der Waals surface area contributed by atoms with Crippen LogP contribution in [0.1, 0.15) is 6.92 Å². The van der Waals surface area contributed by atoms with Crippen LogP contribution in [-0.4, -0.2) is 65.1 Å². The first-order valence-corrected chi connectivity index (χ1v) is 5.27. The molecule has 4 heteroatoms. The number of nitrogens with one attached hydrogen (secondary N) is 1. The third kappa shape index (κ3) is 9.92. The molecule has 0 aliphatic heterocycles. The Hall–Kier alpha value is -0.160. The van der Waals surface area contributed by atoms with Gasteiger partial charge in [0.05, 0.1) is 19.8 Å². The molecule has 0 unspecified atom stereocenters. The van der Waals surface area contributed by atoms with Gasteiger partial charge in [-0.15, -0.1) is 0 Å². The molecule has 0 heterocycles. The fourth-order valence-corrected chi connectivity index (χ4v) is 1.02. The quantitative estimate of drug-likeness (QED) is 0.515. The van der Waals surface area contributed by atoms with E-state index in [1.165, 1.54) is 0 Å². The Bertz CT molecular complexity index is 112. The molecule has 0 spiro atoms. The van der Waals surface area contributed by atoms with Crippen LogP contribution in [0.25, 0.3) is 0 Å². The predicted molar refractivity (Wildman–Crippen MR) is 58.7 cm³/mol. The van der Waals surface area contributed by atoms with Crippen molar-refractivity contribution >= 4 is 0 Å². The Morgan fingerprint density at radius 1 is 1.14 bits per heavy atom. The lowest BCUT2D eigenvalue weighted by Crippen LogP contribution is -2.31. The van der Waals surface area contributed by atoms with E-state index in [9.17, 15) is 0 Å². The van der Waals surface area contributed by atoms with Crippen molar-refractivity contribution in [3.8, 4) is 0 Å². The summed E-state index contributed by atoms with van der Waals surface area (Å²) in [5.41, 5.74) is 0. The summed E-state index contributed by atoms with van der Waals surface area (Å²) >= 11 is 0. The Balaban J connectivity index is 3.06. The van der Waals surface area contributed by atoms with Gasteiger partial charge in [0, 0.05) is 26.7 Å².